The maximum absolute atomic E-state index is 14.9. The number of halogens is 2. The monoisotopic (exact) mass is 430 g/mol. The number of anilines is 1. The SMILES string of the molecule is CSC1=Nc2cc(N(C)C)c(F)cc2C(c2ccccc2Cl)=NC1=C(C)N(C)C. The first kappa shape index (κ1) is 21.4. The molecule has 7 heteroatoms. The summed E-state index contributed by atoms with van der Waals surface area (Å²) in [5.74, 6) is -0.328. The highest BCUT2D eigenvalue weighted by Gasteiger charge is 2.24. The van der Waals surface area contributed by atoms with Crippen LogP contribution in [0.15, 0.2) is 57.8 Å². The Kier molecular flexibility index (Phi) is 6.34. The number of fused-ring (bicyclic) bond motifs is 1. The molecule has 0 fully saturated rings. The average molecular weight is 431 g/mol. The normalized spacial score (nSPS) is 15.2. The molecule has 4 nitrogen and oxygen atoms in total. The number of aliphatic imine (C=N–C) groups is 2. The maximum Gasteiger partial charge on any atom is 0.147 e. The van der Waals surface area contributed by atoms with Crippen molar-refractivity contribution >= 4 is 45.5 Å². The Hall–Kier alpha value is -2.31. The Bertz CT molecular complexity index is 1040. The second kappa shape index (κ2) is 8.59. The van der Waals surface area contributed by atoms with Crippen LogP contribution in [0.4, 0.5) is 15.8 Å². The summed E-state index contributed by atoms with van der Waals surface area (Å²) in [6.07, 6.45) is 1.97. The van der Waals surface area contributed by atoms with Gasteiger partial charge in [0.05, 0.1) is 17.1 Å². The fourth-order valence-electron chi connectivity index (χ4n) is 3.01. The van der Waals surface area contributed by atoms with Gasteiger partial charge in [-0.1, -0.05) is 29.8 Å². The quantitative estimate of drug-likeness (QED) is 0.636. The second-order valence-electron chi connectivity index (χ2n) is 7.10. The van der Waals surface area contributed by atoms with Crippen LogP contribution in [0.5, 0.6) is 0 Å². The van der Waals surface area contributed by atoms with Crippen molar-refractivity contribution in [1.82, 2.24) is 4.90 Å². The zero-order chi connectivity index (χ0) is 21.3. The molecule has 1 aliphatic rings. The van der Waals surface area contributed by atoms with Crippen LogP contribution in [0.3, 0.4) is 0 Å². The molecule has 2 aromatic rings. The molecule has 0 radical (unpaired) electrons. The first-order valence-corrected chi connectivity index (χ1v) is 10.7. The van der Waals surface area contributed by atoms with Gasteiger partial charge in [-0.25, -0.2) is 14.4 Å². The van der Waals surface area contributed by atoms with E-state index < -0.39 is 0 Å². The molecular formula is C22H24ClFN4S. The van der Waals surface area contributed by atoms with Gasteiger partial charge < -0.3 is 9.80 Å². The lowest BCUT2D eigenvalue weighted by molar-refractivity contribution is 0.509. The summed E-state index contributed by atoms with van der Waals surface area (Å²) in [5, 5.41) is 1.33. The molecule has 1 heterocycles. The smallest absolute Gasteiger partial charge is 0.147 e. The summed E-state index contributed by atoms with van der Waals surface area (Å²) in [6.45, 7) is 2.00. The van der Waals surface area contributed by atoms with Crippen LogP contribution < -0.4 is 4.90 Å². The fraction of sp³-hybridized carbons (Fsp3) is 0.273. The number of rotatable bonds is 3. The summed E-state index contributed by atoms with van der Waals surface area (Å²) in [6, 6.07) is 10.7. The lowest BCUT2D eigenvalue weighted by atomic mass is 9.99. The van der Waals surface area contributed by atoms with E-state index in [9.17, 15) is 4.39 Å². The minimum atomic E-state index is -0.328. The second-order valence-corrected chi connectivity index (χ2v) is 8.31. The van der Waals surface area contributed by atoms with Crippen molar-refractivity contribution < 1.29 is 4.39 Å². The number of allylic oxidation sites excluding steroid dienone is 1. The van der Waals surface area contributed by atoms with Gasteiger partial charge in [0, 0.05) is 50.0 Å². The number of nitrogens with zero attached hydrogens (tertiary/aromatic N) is 4. The van der Waals surface area contributed by atoms with Crippen LogP contribution in [0, 0.1) is 5.82 Å². The number of thioether (sulfide) groups is 1. The molecule has 152 valence electrons. The van der Waals surface area contributed by atoms with Crippen molar-refractivity contribution in [2.45, 2.75) is 6.92 Å². The Labute approximate surface area is 180 Å². The Balaban J connectivity index is 2.42. The molecule has 29 heavy (non-hydrogen) atoms. The van der Waals surface area contributed by atoms with Gasteiger partial charge in [-0.2, -0.15) is 0 Å². The molecular weight excluding hydrogens is 407 g/mol. The van der Waals surface area contributed by atoms with Crippen molar-refractivity contribution in [3.63, 3.8) is 0 Å². The van der Waals surface area contributed by atoms with Crippen LogP contribution in [-0.2, 0) is 0 Å². The lowest BCUT2D eigenvalue weighted by Gasteiger charge is -2.17. The van der Waals surface area contributed by atoms with E-state index in [-0.39, 0.29) is 5.82 Å². The molecule has 0 saturated carbocycles. The largest absolute Gasteiger partial charge is 0.379 e. The van der Waals surface area contributed by atoms with E-state index in [1.54, 1.807) is 11.0 Å². The van der Waals surface area contributed by atoms with Gasteiger partial charge in [0.1, 0.15) is 16.6 Å². The third kappa shape index (κ3) is 4.19. The molecule has 0 spiro atoms. The molecule has 0 atom stereocenters. The highest BCUT2D eigenvalue weighted by molar-refractivity contribution is 8.13. The zero-order valence-electron chi connectivity index (χ0n) is 17.4. The van der Waals surface area contributed by atoms with Gasteiger partial charge in [0.15, 0.2) is 0 Å². The lowest BCUT2D eigenvalue weighted by Crippen LogP contribution is -2.14. The Morgan fingerprint density at radius 2 is 1.72 bits per heavy atom. The van der Waals surface area contributed by atoms with Gasteiger partial charge >= 0.3 is 0 Å². The molecule has 0 aliphatic carbocycles. The van der Waals surface area contributed by atoms with Crippen LogP contribution in [-0.4, -0.2) is 50.1 Å². The summed E-state index contributed by atoms with van der Waals surface area (Å²) in [5.41, 5.74) is 4.83. The average Bonchev–Trinajstić information content (AvgIpc) is 2.83. The molecule has 0 saturated heterocycles. The summed E-state index contributed by atoms with van der Waals surface area (Å²) < 4.78 is 14.9. The van der Waals surface area contributed by atoms with Crippen molar-refractivity contribution in [3.05, 3.63) is 69.8 Å². The van der Waals surface area contributed by atoms with Crippen molar-refractivity contribution in [2.75, 3.05) is 39.3 Å². The molecule has 0 unspecified atom stereocenters. The van der Waals surface area contributed by atoms with Crippen molar-refractivity contribution in [3.8, 4) is 0 Å². The third-order valence-electron chi connectivity index (χ3n) is 4.79. The number of benzene rings is 2. The maximum atomic E-state index is 14.9. The summed E-state index contributed by atoms with van der Waals surface area (Å²) in [7, 11) is 7.55. The number of hydrogen-bond acceptors (Lipinski definition) is 5. The predicted molar refractivity (Wildman–Crippen MR) is 125 cm³/mol. The Morgan fingerprint density at radius 1 is 1.03 bits per heavy atom. The minimum absolute atomic E-state index is 0.328. The first-order chi connectivity index (χ1) is 13.7. The Morgan fingerprint density at radius 3 is 2.31 bits per heavy atom. The van der Waals surface area contributed by atoms with E-state index in [0.717, 1.165) is 22.0 Å². The van der Waals surface area contributed by atoms with E-state index in [2.05, 4.69) is 0 Å². The van der Waals surface area contributed by atoms with E-state index in [0.29, 0.717) is 27.7 Å². The number of hydrogen-bond donors (Lipinski definition) is 0. The van der Waals surface area contributed by atoms with Gasteiger partial charge in [-0.05, 0) is 31.4 Å². The summed E-state index contributed by atoms with van der Waals surface area (Å²) in [4.78, 5) is 13.6. The molecule has 1 aliphatic heterocycles. The fourth-order valence-corrected chi connectivity index (χ4v) is 3.81. The standard InChI is InChI=1S/C22H24ClFN4S/c1-13(27(2)3)20-22(29-6)25-18-12-19(28(4)5)17(24)11-15(18)21(26-20)14-9-7-8-10-16(14)23/h7-12H,1-6H3. The highest BCUT2D eigenvalue weighted by Crippen LogP contribution is 2.36. The molecule has 0 amide bonds. The van der Waals surface area contributed by atoms with Crippen LogP contribution in [0.1, 0.15) is 18.1 Å². The molecule has 0 bridgehead atoms. The van der Waals surface area contributed by atoms with E-state index in [1.165, 1.54) is 17.8 Å². The molecule has 0 aromatic heterocycles. The minimum Gasteiger partial charge on any atom is -0.379 e. The van der Waals surface area contributed by atoms with Gasteiger partial charge in [-0.3, -0.25) is 0 Å². The topological polar surface area (TPSA) is 31.2 Å². The van der Waals surface area contributed by atoms with Crippen molar-refractivity contribution in [2.24, 2.45) is 9.98 Å². The van der Waals surface area contributed by atoms with E-state index >= 15 is 0 Å². The van der Waals surface area contributed by atoms with Crippen LogP contribution in [0.2, 0.25) is 5.02 Å². The molecule has 2 aromatic carbocycles. The zero-order valence-corrected chi connectivity index (χ0v) is 19.0. The predicted octanol–water partition coefficient (Wildman–Crippen LogP) is 5.58. The van der Waals surface area contributed by atoms with Crippen LogP contribution >= 0.6 is 23.4 Å². The molecule has 0 N–H and O–H groups in total. The highest BCUT2D eigenvalue weighted by atomic mass is 35.5. The molecule has 3 rings (SSSR count). The van der Waals surface area contributed by atoms with Crippen LogP contribution in [0.25, 0.3) is 0 Å². The van der Waals surface area contributed by atoms with Crippen molar-refractivity contribution in [1.29, 1.82) is 0 Å². The third-order valence-corrected chi connectivity index (χ3v) is 5.79. The van der Waals surface area contributed by atoms with E-state index in [4.69, 9.17) is 21.6 Å². The van der Waals surface area contributed by atoms with E-state index in [1.807, 2.05) is 70.5 Å². The van der Waals surface area contributed by atoms with Gasteiger partial charge in [-0.15, -0.1) is 11.8 Å². The summed E-state index contributed by atoms with van der Waals surface area (Å²) >= 11 is 8.02. The first-order valence-electron chi connectivity index (χ1n) is 9.10. The van der Waals surface area contributed by atoms with Gasteiger partial charge in [0.2, 0.25) is 0 Å². The van der Waals surface area contributed by atoms with Gasteiger partial charge in [0.25, 0.3) is 0 Å².